The lowest BCUT2D eigenvalue weighted by Gasteiger charge is -2.37. The van der Waals surface area contributed by atoms with Gasteiger partial charge >= 0.3 is 0 Å². The number of hydrogen-bond donors (Lipinski definition) is 1. The highest BCUT2D eigenvalue weighted by molar-refractivity contribution is 5.88. The maximum absolute atomic E-state index is 12.7. The van der Waals surface area contributed by atoms with Crippen molar-refractivity contribution < 1.29 is 14.6 Å². The first-order valence-corrected chi connectivity index (χ1v) is 7.15. The van der Waals surface area contributed by atoms with Crippen LogP contribution in [0.1, 0.15) is 39.0 Å². The molecule has 0 aliphatic heterocycles. The van der Waals surface area contributed by atoms with Crippen LogP contribution in [0.15, 0.2) is 24.0 Å². The van der Waals surface area contributed by atoms with Gasteiger partial charge in [0.2, 0.25) is 0 Å². The molecule has 0 amide bonds. The van der Waals surface area contributed by atoms with Crippen LogP contribution in [-0.2, 0) is 9.53 Å². The second kappa shape index (κ2) is 5.91. The summed E-state index contributed by atoms with van der Waals surface area (Å²) >= 11 is 0. The van der Waals surface area contributed by atoms with Gasteiger partial charge in [-0.15, -0.1) is 0 Å². The number of carbonyl (C=O) groups excluding carboxylic acids is 1. The van der Waals surface area contributed by atoms with E-state index in [1.807, 2.05) is 18.2 Å². The van der Waals surface area contributed by atoms with Crippen LogP contribution >= 0.6 is 0 Å². The predicted molar refractivity (Wildman–Crippen MR) is 74.5 cm³/mol. The van der Waals surface area contributed by atoms with Crippen molar-refractivity contribution in [3.8, 4) is 0 Å². The molecule has 2 aliphatic carbocycles. The molecular weight excluding hydrogens is 240 g/mol. The molecule has 0 bridgehead atoms. The average Bonchev–Trinajstić information content (AvgIpc) is 2.47. The number of carbonyl (C=O) groups is 1. The summed E-state index contributed by atoms with van der Waals surface area (Å²) in [7, 11) is 1.65. The lowest BCUT2D eigenvalue weighted by molar-refractivity contribution is -0.133. The maximum atomic E-state index is 12.7. The average molecular weight is 264 g/mol. The van der Waals surface area contributed by atoms with Gasteiger partial charge in [0.15, 0.2) is 0 Å². The molecule has 2 rings (SSSR count). The molecule has 0 aromatic rings. The van der Waals surface area contributed by atoms with Crippen LogP contribution in [0.5, 0.6) is 0 Å². The molecule has 0 spiro atoms. The van der Waals surface area contributed by atoms with E-state index >= 15 is 0 Å². The summed E-state index contributed by atoms with van der Waals surface area (Å²) in [5, 5.41) is 9.20. The van der Waals surface area contributed by atoms with Crippen LogP contribution in [0.2, 0.25) is 0 Å². The van der Waals surface area contributed by atoms with E-state index in [1.165, 1.54) is 0 Å². The second-order valence-electron chi connectivity index (χ2n) is 6.08. The topological polar surface area (TPSA) is 46.5 Å². The Balaban J connectivity index is 2.00. The third-order valence-electron chi connectivity index (χ3n) is 4.71. The van der Waals surface area contributed by atoms with Gasteiger partial charge in [-0.3, -0.25) is 4.79 Å². The largest absolute Gasteiger partial charge is 0.501 e. The molecule has 3 nitrogen and oxygen atoms in total. The quantitative estimate of drug-likeness (QED) is 0.849. The van der Waals surface area contributed by atoms with Crippen LogP contribution in [0.4, 0.5) is 0 Å². The Hall–Kier alpha value is -1.09. The molecule has 3 heteroatoms. The third-order valence-corrected chi connectivity index (χ3v) is 4.71. The number of methoxy groups -OCH3 is 1. The van der Waals surface area contributed by atoms with Gasteiger partial charge in [0, 0.05) is 24.4 Å². The Labute approximate surface area is 115 Å². The summed E-state index contributed by atoms with van der Waals surface area (Å²) < 4.78 is 5.25. The molecule has 106 valence electrons. The highest BCUT2D eigenvalue weighted by atomic mass is 16.5. The Bertz CT molecular complexity index is 387. The fourth-order valence-electron chi connectivity index (χ4n) is 3.17. The number of Topliss-reactive ketones (excluding diaryl/α,β-unsaturated/α-hetero) is 1. The Kier molecular flexibility index (Phi) is 4.46. The standard InChI is InChI=1S/C16H24O3/c1-16(8-6-12(11-17)7-9-16)15(18)13-4-3-5-14(10-13)19-2/h3-5,12-13,17H,6-11H2,1-2H3. The molecule has 0 aromatic carbocycles. The highest BCUT2D eigenvalue weighted by Crippen LogP contribution is 2.42. The lowest BCUT2D eigenvalue weighted by Crippen LogP contribution is -2.37. The Morgan fingerprint density at radius 2 is 2.16 bits per heavy atom. The molecule has 1 unspecified atom stereocenters. The van der Waals surface area contributed by atoms with Gasteiger partial charge in [-0.2, -0.15) is 0 Å². The monoisotopic (exact) mass is 264 g/mol. The van der Waals surface area contributed by atoms with Crippen molar-refractivity contribution in [3.63, 3.8) is 0 Å². The van der Waals surface area contributed by atoms with Crippen molar-refractivity contribution in [2.75, 3.05) is 13.7 Å². The number of ketones is 1. The smallest absolute Gasteiger partial charge is 0.146 e. The van der Waals surface area contributed by atoms with Crippen LogP contribution in [0.25, 0.3) is 0 Å². The van der Waals surface area contributed by atoms with Crippen molar-refractivity contribution >= 4 is 5.78 Å². The fraction of sp³-hybridized carbons (Fsp3) is 0.688. The van der Waals surface area contributed by atoms with Crippen molar-refractivity contribution in [3.05, 3.63) is 24.0 Å². The van der Waals surface area contributed by atoms with E-state index in [-0.39, 0.29) is 17.9 Å². The molecule has 1 N–H and O–H groups in total. The molecule has 1 fully saturated rings. The molecule has 0 heterocycles. The first-order chi connectivity index (χ1) is 9.09. The second-order valence-corrected chi connectivity index (χ2v) is 6.08. The SMILES string of the molecule is COC1=CC=CC(C(=O)C2(C)CCC(CO)CC2)C1. The van der Waals surface area contributed by atoms with Crippen LogP contribution in [0.3, 0.4) is 0 Å². The molecule has 0 radical (unpaired) electrons. The highest BCUT2D eigenvalue weighted by Gasteiger charge is 2.40. The number of allylic oxidation sites excluding steroid dienone is 4. The fourth-order valence-corrected chi connectivity index (χ4v) is 3.17. The van der Waals surface area contributed by atoms with Crippen LogP contribution in [0, 0.1) is 17.3 Å². The number of aliphatic hydroxyl groups excluding tert-OH is 1. The van der Waals surface area contributed by atoms with Crippen molar-refractivity contribution in [2.45, 2.75) is 39.0 Å². The van der Waals surface area contributed by atoms with Crippen molar-refractivity contribution in [1.82, 2.24) is 0 Å². The summed E-state index contributed by atoms with van der Waals surface area (Å²) in [6.07, 6.45) is 10.2. The summed E-state index contributed by atoms with van der Waals surface area (Å²) in [6, 6.07) is 0. The summed E-state index contributed by atoms with van der Waals surface area (Å²) in [5.41, 5.74) is -0.225. The van der Waals surface area contributed by atoms with Gasteiger partial charge in [0.1, 0.15) is 5.78 Å². The van der Waals surface area contributed by atoms with E-state index in [4.69, 9.17) is 4.74 Å². The van der Waals surface area contributed by atoms with E-state index in [9.17, 15) is 9.90 Å². The van der Waals surface area contributed by atoms with E-state index in [0.717, 1.165) is 31.4 Å². The minimum absolute atomic E-state index is 0.0457. The number of hydrogen-bond acceptors (Lipinski definition) is 3. The molecule has 2 aliphatic rings. The van der Waals surface area contributed by atoms with Gasteiger partial charge in [-0.25, -0.2) is 0 Å². The van der Waals surface area contributed by atoms with Crippen molar-refractivity contribution in [1.29, 1.82) is 0 Å². The molecule has 1 saturated carbocycles. The van der Waals surface area contributed by atoms with Crippen LogP contribution < -0.4 is 0 Å². The van der Waals surface area contributed by atoms with Crippen LogP contribution in [-0.4, -0.2) is 24.6 Å². The molecular formula is C16H24O3. The van der Waals surface area contributed by atoms with E-state index < -0.39 is 0 Å². The summed E-state index contributed by atoms with van der Waals surface area (Å²) in [4.78, 5) is 12.7. The zero-order valence-corrected chi connectivity index (χ0v) is 11.9. The minimum Gasteiger partial charge on any atom is -0.501 e. The number of aliphatic hydroxyl groups is 1. The maximum Gasteiger partial charge on any atom is 0.146 e. The summed E-state index contributed by atoms with van der Waals surface area (Å²) in [6.45, 7) is 2.34. The van der Waals surface area contributed by atoms with E-state index in [0.29, 0.717) is 18.1 Å². The van der Waals surface area contributed by atoms with Crippen molar-refractivity contribution in [2.24, 2.45) is 17.3 Å². The van der Waals surface area contributed by atoms with Gasteiger partial charge in [-0.05, 0) is 37.7 Å². The minimum atomic E-state index is -0.225. The van der Waals surface area contributed by atoms with Gasteiger partial charge < -0.3 is 9.84 Å². The van der Waals surface area contributed by atoms with Gasteiger partial charge in [0.25, 0.3) is 0 Å². The molecule has 19 heavy (non-hydrogen) atoms. The van der Waals surface area contributed by atoms with Gasteiger partial charge in [0.05, 0.1) is 12.9 Å². The molecule has 0 saturated heterocycles. The number of ether oxygens (including phenoxy) is 1. The molecule has 1 atom stereocenters. The van der Waals surface area contributed by atoms with E-state index in [1.54, 1.807) is 7.11 Å². The normalized spacial score (nSPS) is 34.8. The lowest BCUT2D eigenvalue weighted by atomic mass is 9.66. The zero-order chi connectivity index (χ0) is 13.9. The molecule has 0 aromatic heterocycles. The van der Waals surface area contributed by atoms with Gasteiger partial charge in [-0.1, -0.05) is 19.1 Å². The predicted octanol–water partition coefficient (Wildman–Crippen LogP) is 2.85. The Morgan fingerprint density at radius 1 is 1.47 bits per heavy atom. The number of rotatable bonds is 4. The first kappa shape index (κ1) is 14.3. The first-order valence-electron chi connectivity index (χ1n) is 7.15. The van der Waals surface area contributed by atoms with E-state index in [2.05, 4.69) is 6.92 Å². The Morgan fingerprint density at radius 3 is 2.74 bits per heavy atom. The zero-order valence-electron chi connectivity index (χ0n) is 11.9. The summed E-state index contributed by atoms with van der Waals surface area (Å²) in [5.74, 6) is 1.56. The third kappa shape index (κ3) is 3.08.